The van der Waals surface area contributed by atoms with Gasteiger partial charge in [0, 0.05) is 18.2 Å². The zero-order valence-corrected chi connectivity index (χ0v) is 13.2. The van der Waals surface area contributed by atoms with E-state index in [4.69, 9.17) is 16.3 Å². The molecule has 0 aliphatic carbocycles. The van der Waals surface area contributed by atoms with Crippen molar-refractivity contribution in [2.75, 3.05) is 23.9 Å². The molecule has 0 radical (unpaired) electrons. The number of aryl methyl sites for hydroxylation is 1. The molecule has 0 saturated heterocycles. The van der Waals surface area contributed by atoms with E-state index < -0.39 is 0 Å². The summed E-state index contributed by atoms with van der Waals surface area (Å²) in [6.45, 7) is 4.49. The molecule has 5 heteroatoms. The third-order valence-corrected chi connectivity index (χ3v) is 3.84. The molecule has 1 aromatic rings. The second-order valence-electron chi connectivity index (χ2n) is 5.48. The summed E-state index contributed by atoms with van der Waals surface area (Å²) in [5.41, 5.74) is 1.96. The van der Waals surface area contributed by atoms with Gasteiger partial charge in [-0.15, -0.1) is 11.6 Å². The summed E-state index contributed by atoms with van der Waals surface area (Å²) in [5.74, 6) is 0.621. The molecule has 0 aromatic heterocycles. The van der Waals surface area contributed by atoms with Gasteiger partial charge in [0.05, 0.1) is 0 Å². The highest BCUT2D eigenvalue weighted by Crippen LogP contribution is 2.30. The van der Waals surface area contributed by atoms with Gasteiger partial charge in [0.1, 0.15) is 18.2 Å². The lowest BCUT2D eigenvalue weighted by molar-refractivity contribution is -0.123. The lowest BCUT2D eigenvalue weighted by Crippen LogP contribution is -2.36. The van der Waals surface area contributed by atoms with Crippen LogP contribution in [0.15, 0.2) is 18.2 Å². The molecule has 1 amide bonds. The maximum atomic E-state index is 11.8. The van der Waals surface area contributed by atoms with E-state index in [1.165, 1.54) is 0 Å². The van der Waals surface area contributed by atoms with Gasteiger partial charge in [0.25, 0.3) is 0 Å². The van der Waals surface area contributed by atoms with E-state index in [0.717, 1.165) is 24.1 Å². The largest absolute Gasteiger partial charge is 0.486 e. The number of alkyl halides is 1. The fraction of sp³-hybridized carbons (Fsp3) is 0.500. The van der Waals surface area contributed by atoms with Gasteiger partial charge in [-0.05, 0) is 36.6 Å². The van der Waals surface area contributed by atoms with Crippen LogP contribution in [0.1, 0.15) is 25.8 Å². The highest BCUT2D eigenvalue weighted by atomic mass is 35.5. The first-order valence-corrected chi connectivity index (χ1v) is 7.71. The predicted octanol–water partition coefficient (Wildman–Crippen LogP) is 2.81. The number of carbonyl (C=O) groups is 2. The minimum atomic E-state index is -0.0822. The molecule has 0 atom stereocenters. The molecule has 0 unspecified atom stereocenters. The number of Topliss-reactive ketones (excluding diaryl/α,β-unsaturated/α-hetero) is 1. The number of anilines is 1. The molecule has 1 aromatic carbocycles. The van der Waals surface area contributed by atoms with Crippen LogP contribution >= 0.6 is 11.6 Å². The molecule has 1 aliphatic heterocycles. The van der Waals surface area contributed by atoms with Crippen LogP contribution < -0.4 is 9.64 Å². The Morgan fingerprint density at radius 2 is 2.14 bits per heavy atom. The second kappa shape index (κ2) is 6.94. The number of amides is 1. The Kier molecular flexibility index (Phi) is 5.23. The van der Waals surface area contributed by atoms with E-state index >= 15 is 0 Å². The highest BCUT2D eigenvalue weighted by Gasteiger charge is 2.22. The van der Waals surface area contributed by atoms with Gasteiger partial charge < -0.3 is 9.64 Å². The summed E-state index contributed by atoms with van der Waals surface area (Å²) in [7, 11) is 0. The molecule has 0 N–H and O–H groups in total. The lowest BCUT2D eigenvalue weighted by atomic mass is 10.0. The number of benzene rings is 1. The smallest absolute Gasteiger partial charge is 0.241 e. The minimum Gasteiger partial charge on any atom is -0.486 e. The Morgan fingerprint density at radius 1 is 1.38 bits per heavy atom. The van der Waals surface area contributed by atoms with Crippen molar-refractivity contribution >= 4 is 29.0 Å². The SMILES string of the molecule is CC(C)C(=O)COc1ccc2c(c1)CCCN2C(=O)CCl. The van der Waals surface area contributed by atoms with Crippen LogP contribution in [-0.4, -0.2) is 30.7 Å². The van der Waals surface area contributed by atoms with Crippen LogP contribution in [0.5, 0.6) is 5.75 Å². The van der Waals surface area contributed by atoms with E-state index in [9.17, 15) is 9.59 Å². The zero-order valence-electron chi connectivity index (χ0n) is 12.4. The normalized spacial score (nSPS) is 14.0. The first kappa shape index (κ1) is 15.8. The average molecular weight is 310 g/mol. The standard InChI is InChI=1S/C16H20ClNO3/c1-11(2)15(19)10-21-13-5-6-14-12(8-13)4-3-7-18(14)16(20)9-17/h5-6,8,11H,3-4,7,9-10H2,1-2H3. The van der Waals surface area contributed by atoms with Crippen LogP contribution in [-0.2, 0) is 16.0 Å². The molecular formula is C16H20ClNO3. The van der Waals surface area contributed by atoms with E-state index in [0.29, 0.717) is 12.3 Å². The third kappa shape index (κ3) is 3.76. The Morgan fingerprint density at radius 3 is 2.81 bits per heavy atom. The van der Waals surface area contributed by atoms with Gasteiger partial charge >= 0.3 is 0 Å². The van der Waals surface area contributed by atoms with Crippen molar-refractivity contribution < 1.29 is 14.3 Å². The van der Waals surface area contributed by atoms with Crippen molar-refractivity contribution in [2.45, 2.75) is 26.7 Å². The number of carbonyl (C=O) groups excluding carboxylic acids is 2. The number of fused-ring (bicyclic) bond motifs is 1. The predicted molar refractivity (Wildman–Crippen MR) is 83.2 cm³/mol. The number of hydrogen-bond donors (Lipinski definition) is 0. The molecule has 0 fully saturated rings. The molecule has 4 nitrogen and oxygen atoms in total. The molecule has 0 spiro atoms. The van der Waals surface area contributed by atoms with Crippen LogP contribution in [0, 0.1) is 5.92 Å². The quantitative estimate of drug-likeness (QED) is 0.786. The topological polar surface area (TPSA) is 46.6 Å². The van der Waals surface area contributed by atoms with Crippen LogP contribution in [0.4, 0.5) is 5.69 Å². The number of ether oxygens (including phenoxy) is 1. The Bertz CT molecular complexity index is 542. The number of halogens is 1. The van der Waals surface area contributed by atoms with E-state index in [1.807, 2.05) is 26.0 Å². The van der Waals surface area contributed by atoms with E-state index in [2.05, 4.69) is 0 Å². The van der Waals surface area contributed by atoms with Crippen LogP contribution in [0.2, 0.25) is 0 Å². The van der Waals surface area contributed by atoms with Gasteiger partial charge in [-0.1, -0.05) is 13.8 Å². The number of nitrogens with zero attached hydrogens (tertiary/aromatic N) is 1. The zero-order chi connectivity index (χ0) is 15.4. The molecule has 0 bridgehead atoms. The molecule has 1 heterocycles. The summed E-state index contributed by atoms with van der Waals surface area (Å²) >= 11 is 5.64. The summed E-state index contributed by atoms with van der Waals surface area (Å²) < 4.78 is 5.54. The van der Waals surface area contributed by atoms with Gasteiger partial charge in [0.15, 0.2) is 5.78 Å². The molecule has 2 rings (SSSR count). The molecule has 0 saturated carbocycles. The Hall–Kier alpha value is -1.55. The van der Waals surface area contributed by atoms with Crippen molar-refractivity contribution in [3.63, 3.8) is 0 Å². The third-order valence-electron chi connectivity index (χ3n) is 3.61. The summed E-state index contributed by atoms with van der Waals surface area (Å²) in [5, 5.41) is 0. The fourth-order valence-electron chi connectivity index (χ4n) is 2.32. The second-order valence-corrected chi connectivity index (χ2v) is 5.75. The monoisotopic (exact) mass is 309 g/mol. The maximum absolute atomic E-state index is 11.8. The maximum Gasteiger partial charge on any atom is 0.241 e. The summed E-state index contributed by atoms with van der Waals surface area (Å²) in [6, 6.07) is 5.58. The number of hydrogen-bond acceptors (Lipinski definition) is 3. The van der Waals surface area contributed by atoms with Crippen molar-refractivity contribution in [3.8, 4) is 5.75 Å². The van der Waals surface area contributed by atoms with Gasteiger partial charge in [-0.3, -0.25) is 9.59 Å². The van der Waals surface area contributed by atoms with Crippen molar-refractivity contribution in [2.24, 2.45) is 5.92 Å². The average Bonchev–Trinajstić information content (AvgIpc) is 2.50. The van der Waals surface area contributed by atoms with Crippen molar-refractivity contribution in [1.29, 1.82) is 0 Å². The van der Waals surface area contributed by atoms with Gasteiger partial charge in [-0.2, -0.15) is 0 Å². The fourth-order valence-corrected chi connectivity index (χ4v) is 2.46. The van der Waals surface area contributed by atoms with Gasteiger partial charge in [-0.25, -0.2) is 0 Å². The molecular weight excluding hydrogens is 290 g/mol. The molecule has 21 heavy (non-hydrogen) atoms. The van der Waals surface area contributed by atoms with Crippen molar-refractivity contribution in [1.82, 2.24) is 0 Å². The molecule has 114 valence electrons. The number of ketones is 1. The van der Waals surface area contributed by atoms with Crippen LogP contribution in [0.3, 0.4) is 0 Å². The summed E-state index contributed by atoms with van der Waals surface area (Å²) in [6.07, 6.45) is 1.81. The summed E-state index contributed by atoms with van der Waals surface area (Å²) in [4.78, 5) is 25.1. The van der Waals surface area contributed by atoms with Gasteiger partial charge in [0.2, 0.25) is 5.91 Å². The highest BCUT2D eigenvalue weighted by molar-refractivity contribution is 6.29. The number of rotatable bonds is 5. The van der Waals surface area contributed by atoms with Crippen molar-refractivity contribution in [3.05, 3.63) is 23.8 Å². The minimum absolute atomic E-state index is 0.0133. The van der Waals surface area contributed by atoms with Crippen LogP contribution in [0.25, 0.3) is 0 Å². The lowest BCUT2D eigenvalue weighted by Gasteiger charge is -2.29. The van der Waals surface area contributed by atoms with E-state index in [-0.39, 0.29) is 30.1 Å². The first-order chi connectivity index (χ1) is 10.0. The Labute approximate surface area is 130 Å². The molecule has 1 aliphatic rings. The first-order valence-electron chi connectivity index (χ1n) is 7.17. The van der Waals surface area contributed by atoms with E-state index in [1.54, 1.807) is 11.0 Å². The Balaban J connectivity index is 2.12.